The second-order valence-corrected chi connectivity index (χ2v) is 8.26. The Morgan fingerprint density at radius 2 is 2.03 bits per heavy atom. The minimum atomic E-state index is -1.27. The molecule has 2 heterocycles. The molecule has 0 aromatic heterocycles. The van der Waals surface area contributed by atoms with Crippen LogP contribution in [0.4, 0.5) is 0 Å². The number of fused-ring (bicyclic) bond motifs is 2. The molecule has 3 rings (SSSR count). The highest BCUT2D eigenvalue weighted by atomic mass is 16.6. The van der Waals surface area contributed by atoms with Crippen molar-refractivity contribution in [2.75, 3.05) is 6.61 Å². The molecule has 1 N–H and O–H groups in total. The SMILES string of the molecule is C=C(C)C(=O)OC1C[C@]2(C)O[C@@H]2CC[C@@](C)(O)/C=C2/OC(=O)C(COC(C)=O)=C21. The van der Waals surface area contributed by atoms with E-state index >= 15 is 0 Å². The molecule has 4 atom stereocenters. The van der Waals surface area contributed by atoms with Gasteiger partial charge in [0.2, 0.25) is 0 Å². The summed E-state index contributed by atoms with van der Waals surface area (Å²) < 4.78 is 21.9. The third-order valence-corrected chi connectivity index (χ3v) is 5.36. The molecule has 0 amide bonds. The third-order valence-electron chi connectivity index (χ3n) is 5.36. The maximum Gasteiger partial charge on any atom is 0.343 e. The van der Waals surface area contributed by atoms with Gasteiger partial charge in [-0.25, -0.2) is 9.59 Å². The smallest absolute Gasteiger partial charge is 0.343 e. The largest absolute Gasteiger partial charge is 0.461 e. The summed E-state index contributed by atoms with van der Waals surface area (Å²) in [5, 5.41) is 10.8. The van der Waals surface area contributed by atoms with Crippen LogP contribution in [0.5, 0.6) is 0 Å². The molecular formula is C21H26O8. The Balaban J connectivity index is 2.10. The van der Waals surface area contributed by atoms with Crippen LogP contribution < -0.4 is 0 Å². The summed E-state index contributed by atoms with van der Waals surface area (Å²) in [6, 6.07) is 0. The minimum Gasteiger partial charge on any atom is -0.461 e. The molecule has 0 aromatic carbocycles. The van der Waals surface area contributed by atoms with Crippen LogP contribution in [-0.2, 0) is 33.3 Å². The highest BCUT2D eigenvalue weighted by Crippen LogP contribution is 2.48. The zero-order valence-corrected chi connectivity index (χ0v) is 17.1. The summed E-state index contributed by atoms with van der Waals surface area (Å²) in [4.78, 5) is 36.1. The number of carbonyl (C=O) groups is 3. The van der Waals surface area contributed by atoms with Crippen molar-refractivity contribution in [2.24, 2.45) is 0 Å². The molecular weight excluding hydrogens is 380 g/mol. The van der Waals surface area contributed by atoms with E-state index in [0.29, 0.717) is 12.8 Å². The molecule has 8 nitrogen and oxygen atoms in total. The van der Waals surface area contributed by atoms with Gasteiger partial charge in [0.05, 0.1) is 22.9 Å². The van der Waals surface area contributed by atoms with Crippen LogP contribution >= 0.6 is 0 Å². The van der Waals surface area contributed by atoms with Crippen molar-refractivity contribution >= 4 is 17.9 Å². The topological polar surface area (TPSA) is 112 Å². The van der Waals surface area contributed by atoms with Gasteiger partial charge in [0.25, 0.3) is 0 Å². The van der Waals surface area contributed by atoms with E-state index in [0.717, 1.165) is 0 Å². The molecule has 1 fully saturated rings. The van der Waals surface area contributed by atoms with Crippen molar-refractivity contribution in [3.8, 4) is 0 Å². The average Bonchev–Trinajstić information content (AvgIpc) is 3.13. The van der Waals surface area contributed by atoms with E-state index in [4.69, 9.17) is 18.9 Å². The zero-order chi connectivity index (χ0) is 21.6. The first kappa shape index (κ1) is 21.3. The first-order valence-corrected chi connectivity index (χ1v) is 9.50. The molecule has 1 unspecified atom stereocenters. The van der Waals surface area contributed by atoms with Crippen LogP contribution in [-0.4, -0.2) is 53.0 Å². The van der Waals surface area contributed by atoms with Crippen molar-refractivity contribution in [3.05, 3.63) is 35.1 Å². The van der Waals surface area contributed by atoms with Crippen LogP contribution in [0, 0.1) is 0 Å². The standard InChI is InChI=1S/C21H26O8/c1-11(2)18(23)27-15-9-21(5)16(29-21)6-7-20(4,25)8-14-17(15)13(19(24)28-14)10-26-12(3)22/h8,15-16,25H,1,6-7,9-10H2,2-5H3/b14-8+/t15?,16-,20-,21+/m1/s1. The third kappa shape index (κ3) is 4.59. The normalized spacial score (nSPS) is 35.5. The van der Waals surface area contributed by atoms with Gasteiger partial charge < -0.3 is 24.1 Å². The van der Waals surface area contributed by atoms with Gasteiger partial charge >= 0.3 is 17.9 Å². The predicted molar refractivity (Wildman–Crippen MR) is 100 cm³/mol. The van der Waals surface area contributed by atoms with E-state index in [-0.39, 0.29) is 41.6 Å². The van der Waals surface area contributed by atoms with Gasteiger partial charge in [-0.1, -0.05) is 6.58 Å². The maximum atomic E-state index is 12.5. The average molecular weight is 406 g/mol. The molecule has 0 bridgehead atoms. The molecule has 29 heavy (non-hydrogen) atoms. The predicted octanol–water partition coefficient (Wildman–Crippen LogP) is 1.87. The summed E-state index contributed by atoms with van der Waals surface area (Å²) in [7, 11) is 0. The van der Waals surface area contributed by atoms with E-state index in [1.165, 1.54) is 19.9 Å². The Kier molecular flexibility index (Phi) is 5.44. The van der Waals surface area contributed by atoms with E-state index in [2.05, 4.69) is 6.58 Å². The van der Waals surface area contributed by atoms with Crippen molar-refractivity contribution in [2.45, 2.75) is 70.4 Å². The van der Waals surface area contributed by atoms with Crippen molar-refractivity contribution in [3.63, 3.8) is 0 Å². The van der Waals surface area contributed by atoms with E-state index in [1.54, 1.807) is 6.92 Å². The Labute approximate surface area is 169 Å². The van der Waals surface area contributed by atoms with Gasteiger partial charge in [0, 0.05) is 24.5 Å². The molecule has 3 aliphatic rings. The number of carbonyl (C=O) groups excluding carboxylic acids is 3. The molecule has 158 valence electrons. The highest BCUT2D eigenvalue weighted by molar-refractivity contribution is 5.96. The summed E-state index contributed by atoms with van der Waals surface area (Å²) in [6.07, 6.45) is 1.72. The molecule has 0 spiro atoms. The van der Waals surface area contributed by atoms with Gasteiger partial charge in [-0.3, -0.25) is 4.79 Å². The fraction of sp³-hybridized carbons (Fsp3) is 0.571. The molecule has 1 aliphatic carbocycles. The number of ether oxygens (including phenoxy) is 4. The van der Waals surface area contributed by atoms with E-state index < -0.39 is 35.2 Å². The maximum absolute atomic E-state index is 12.5. The number of rotatable bonds is 4. The number of epoxide rings is 1. The van der Waals surface area contributed by atoms with Crippen molar-refractivity contribution in [1.29, 1.82) is 0 Å². The second kappa shape index (κ2) is 7.42. The molecule has 0 aromatic rings. The molecule has 0 radical (unpaired) electrons. The fourth-order valence-corrected chi connectivity index (χ4v) is 3.66. The molecule has 2 aliphatic heterocycles. The first-order chi connectivity index (χ1) is 13.4. The quantitative estimate of drug-likeness (QED) is 0.326. The van der Waals surface area contributed by atoms with Crippen molar-refractivity contribution < 1.29 is 38.4 Å². The number of hydrogen-bond donors (Lipinski definition) is 1. The Morgan fingerprint density at radius 3 is 2.66 bits per heavy atom. The first-order valence-electron chi connectivity index (χ1n) is 9.50. The summed E-state index contributed by atoms with van der Waals surface area (Å²) >= 11 is 0. The van der Waals surface area contributed by atoms with Gasteiger partial charge in [-0.15, -0.1) is 0 Å². The molecule has 8 heteroatoms. The van der Waals surface area contributed by atoms with Crippen LogP contribution in [0.3, 0.4) is 0 Å². The van der Waals surface area contributed by atoms with E-state index in [9.17, 15) is 19.5 Å². The second-order valence-electron chi connectivity index (χ2n) is 8.26. The number of aliphatic hydroxyl groups is 1. The number of hydrogen-bond acceptors (Lipinski definition) is 8. The Bertz CT molecular complexity index is 834. The van der Waals surface area contributed by atoms with Gasteiger partial charge in [-0.05, 0) is 39.7 Å². The Hall–Kier alpha value is -2.45. The highest BCUT2D eigenvalue weighted by Gasteiger charge is 2.55. The van der Waals surface area contributed by atoms with Crippen molar-refractivity contribution in [1.82, 2.24) is 0 Å². The van der Waals surface area contributed by atoms with Crippen LogP contribution in [0.15, 0.2) is 35.1 Å². The van der Waals surface area contributed by atoms with Crippen LogP contribution in [0.25, 0.3) is 0 Å². The van der Waals surface area contributed by atoms with E-state index in [1.807, 2.05) is 6.92 Å². The number of esters is 3. The van der Waals surface area contributed by atoms with Gasteiger partial charge in [-0.2, -0.15) is 0 Å². The molecule has 0 saturated carbocycles. The van der Waals surface area contributed by atoms with Gasteiger partial charge in [0.15, 0.2) is 0 Å². The van der Waals surface area contributed by atoms with Crippen LogP contribution in [0.2, 0.25) is 0 Å². The molecule has 1 saturated heterocycles. The summed E-state index contributed by atoms with van der Waals surface area (Å²) in [5.74, 6) is -1.80. The lowest BCUT2D eigenvalue weighted by Gasteiger charge is -2.26. The summed E-state index contributed by atoms with van der Waals surface area (Å²) in [6.45, 7) is 9.51. The van der Waals surface area contributed by atoms with Crippen LogP contribution in [0.1, 0.15) is 47.0 Å². The Morgan fingerprint density at radius 1 is 1.34 bits per heavy atom. The zero-order valence-electron chi connectivity index (χ0n) is 17.1. The van der Waals surface area contributed by atoms with Gasteiger partial charge in [0.1, 0.15) is 18.5 Å². The monoisotopic (exact) mass is 406 g/mol. The summed E-state index contributed by atoms with van der Waals surface area (Å²) in [5.41, 5.74) is -1.30. The lowest BCUT2D eigenvalue weighted by atomic mass is 9.86. The lowest BCUT2D eigenvalue weighted by molar-refractivity contribution is -0.144. The lowest BCUT2D eigenvalue weighted by Crippen LogP contribution is -2.31. The minimum absolute atomic E-state index is 0.0724. The fourth-order valence-electron chi connectivity index (χ4n) is 3.66.